The van der Waals surface area contributed by atoms with Crippen LogP contribution < -0.4 is 9.04 Å². The SMILES string of the molecule is COc1ccc(N(CCC2(Cl)CCCCC2C(F)(F)F)S(=O)(=O)c2ccc(C(F)(F)F)cc2)cc1. The smallest absolute Gasteiger partial charge is 0.416 e. The molecule has 0 spiro atoms. The summed E-state index contributed by atoms with van der Waals surface area (Å²) in [5, 5.41) is 0. The number of nitrogens with zero attached hydrogens (tertiary/aromatic N) is 1. The van der Waals surface area contributed by atoms with E-state index in [9.17, 15) is 34.8 Å². The average molecular weight is 544 g/mol. The number of alkyl halides is 7. The highest BCUT2D eigenvalue weighted by Gasteiger charge is 2.53. The largest absolute Gasteiger partial charge is 0.497 e. The molecule has 12 heteroatoms. The first-order valence-electron chi connectivity index (χ1n) is 10.8. The van der Waals surface area contributed by atoms with Crippen molar-refractivity contribution in [3.05, 3.63) is 54.1 Å². The molecule has 0 aromatic heterocycles. The van der Waals surface area contributed by atoms with Crippen LogP contribution in [0.4, 0.5) is 32.0 Å². The minimum atomic E-state index is -4.66. The van der Waals surface area contributed by atoms with E-state index in [1.54, 1.807) is 0 Å². The van der Waals surface area contributed by atoms with E-state index in [0.29, 0.717) is 30.7 Å². The maximum Gasteiger partial charge on any atom is 0.416 e. The van der Waals surface area contributed by atoms with Crippen LogP contribution in [0.25, 0.3) is 0 Å². The van der Waals surface area contributed by atoms with Crippen molar-refractivity contribution in [2.75, 3.05) is 18.0 Å². The van der Waals surface area contributed by atoms with Gasteiger partial charge in [0.25, 0.3) is 10.0 Å². The quantitative estimate of drug-likeness (QED) is 0.278. The summed E-state index contributed by atoms with van der Waals surface area (Å²) in [5.41, 5.74) is -0.910. The van der Waals surface area contributed by atoms with Gasteiger partial charge in [-0.25, -0.2) is 8.42 Å². The Hall–Kier alpha value is -2.14. The van der Waals surface area contributed by atoms with Gasteiger partial charge in [0.15, 0.2) is 0 Å². The first-order chi connectivity index (χ1) is 16.2. The molecular formula is C23H24ClF6NO3S. The lowest BCUT2D eigenvalue weighted by Gasteiger charge is -2.41. The summed E-state index contributed by atoms with van der Waals surface area (Å²) in [6.45, 7) is -0.397. The average Bonchev–Trinajstić information content (AvgIpc) is 2.78. The zero-order valence-corrected chi connectivity index (χ0v) is 20.2. The van der Waals surface area contributed by atoms with E-state index >= 15 is 0 Å². The Morgan fingerprint density at radius 3 is 2.11 bits per heavy atom. The maximum atomic E-state index is 13.7. The molecule has 2 atom stereocenters. The zero-order chi connectivity index (χ0) is 26.1. The monoisotopic (exact) mass is 543 g/mol. The predicted octanol–water partition coefficient (Wildman–Crippen LogP) is 7.03. The number of benzene rings is 2. The van der Waals surface area contributed by atoms with E-state index in [1.807, 2.05) is 0 Å². The second-order valence-electron chi connectivity index (χ2n) is 8.42. The Morgan fingerprint density at radius 1 is 1.00 bits per heavy atom. The van der Waals surface area contributed by atoms with E-state index in [2.05, 4.69) is 0 Å². The Bertz CT molecular complexity index is 1100. The van der Waals surface area contributed by atoms with Crippen LogP contribution in [0, 0.1) is 5.92 Å². The minimum absolute atomic E-state index is 0.0650. The van der Waals surface area contributed by atoms with Gasteiger partial charge < -0.3 is 4.74 Å². The van der Waals surface area contributed by atoms with E-state index in [4.69, 9.17) is 16.3 Å². The van der Waals surface area contributed by atoms with Gasteiger partial charge in [-0.2, -0.15) is 26.3 Å². The van der Waals surface area contributed by atoms with Gasteiger partial charge in [0.2, 0.25) is 0 Å². The molecular weight excluding hydrogens is 520 g/mol. The van der Waals surface area contributed by atoms with Crippen LogP contribution in [0.5, 0.6) is 5.75 Å². The van der Waals surface area contributed by atoms with Crippen LogP contribution in [0.15, 0.2) is 53.4 Å². The molecule has 0 heterocycles. The highest BCUT2D eigenvalue weighted by molar-refractivity contribution is 7.92. The molecule has 4 nitrogen and oxygen atoms in total. The van der Waals surface area contributed by atoms with Gasteiger partial charge in [-0.05, 0) is 67.8 Å². The van der Waals surface area contributed by atoms with Crippen LogP contribution in [-0.2, 0) is 16.2 Å². The molecule has 35 heavy (non-hydrogen) atoms. The van der Waals surface area contributed by atoms with Crippen LogP contribution in [-0.4, -0.2) is 33.1 Å². The topological polar surface area (TPSA) is 46.6 Å². The molecule has 0 aliphatic heterocycles. The minimum Gasteiger partial charge on any atom is -0.497 e. The third-order valence-electron chi connectivity index (χ3n) is 6.22. The van der Waals surface area contributed by atoms with Crippen molar-refractivity contribution in [3.63, 3.8) is 0 Å². The van der Waals surface area contributed by atoms with E-state index < -0.39 is 50.2 Å². The molecule has 0 radical (unpaired) electrons. The Labute approximate surface area is 204 Å². The lowest BCUT2D eigenvalue weighted by Crippen LogP contribution is -2.46. The molecule has 1 saturated carbocycles. The highest BCUT2D eigenvalue weighted by Crippen LogP contribution is 2.49. The molecule has 1 aliphatic carbocycles. The second-order valence-corrected chi connectivity index (χ2v) is 11.0. The number of rotatable bonds is 7. The summed E-state index contributed by atoms with van der Waals surface area (Å²) in [6, 6.07) is 8.69. The Kier molecular flexibility index (Phi) is 7.91. The van der Waals surface area contributed by atoms with E-state index in [-0.39, 0.29) is 24.9 Å². The van der Waals surface area contributed by atoms with Crippen LogP contribution in [0.1, 0.15) is 37.7 Å². The van der Waals surface area contributed by atoms with Gasteiger partial charge in [-0.15, -0.1) is 11.6 Å². The number of hydrogen-bond donors (Lipinski definition) is 0. The van der Waals surface area contributed by atoms with Gasteiger partial charge >= 0.3 is 12.4 Å². The van der Waals surface area contributed by atoms with Gasteiger partial charge in [-0.1, -0.05) is 12.8 Å². The molecule has 0 amide bonds. The molecule has 0 saturated heterocycles. The lowest BCUT2D eigenvalue weighted by molar-refractivity contribution is -0.191. The molecule has 2 aromatic carbocycles. The fourth-order valence-electron chi connectivity index (χ4n) is 4.32. The number of ether oxygens (including phenoxy) is 1. The molecule has 194 valence electrons. The predicted molar refractivity (Wildman–Crippen MR) is 120 cm³/mol. The van der Waals surface area contributed by atoms with Gasteiger partial charge in [0.1, 0.15) is 5.75 Å². The number of halogens is 7. The van der Waals surface area contributed by atoms with Crippen molar-refractivity contribution in [1.29, 1.82) is 0 Å². The van der Waals surface area contributed by atoms with Crippen molar-refractivity contribution in [2.45, 2.75) is 54.2 Å². The molecule has 0 N–H and O–H groups in total. The summed E-state index contributed by atoms with van der Waals surface area (Å²) in [4.78, 5) is -2.13. The van der Waals surface area contributed by atoms with Gasteiger partial charge in [0, 0.05) is 6.54 Å². The highest BCUT2D eigenvalue weighted by atomic mass is 35.5. The Morgan fingerprint density at radius 2 is 1.60 bits per heavy atom. The summed E-state index contributed by atoms with van der Waals surface area (Å²) in [6.07, 6.45) is -8.74. The molecule has 1 fully saturated rings. The molecule has 2 aromatic rings. The summed E-state index contributed by atoms with van der Waals surface area (Å²) in [5.74, 6) is -1.38. The number of hydrogen-bond acceptors (Lipinski definition) is 3. The summed E-state index contributed by atoms with van der Waals surface area (Å²) in [7, 11) is -3.03. The van der Waals surface area contributed by atoms with Crippen molar-refractivity contribution in [3.8, 4) is 5.75 Å². The number of methoxy groups -OCH3 is 1. The third-order valence-corrected chi connectivity index (χ3v) is 8.70. The van der Waals surface area contributed by atoms with E-state index in [1.165, 1.54) is 31.4 Å². The zero-order valence-electron chi connectivity index (χ0n) is 18.7. The van der Waals surface area contributed by atoms with Crippen molar-refractivity contribution in [1.82, 2.24) is 0 Å². The first-order valence-corrected chi connectivity index (χ1v) is 12.6. The normalized spacial score (nSPS) is 21.5. The number of sulfonamides is 1. The van der Waals surface area contributed by atoms with Crippen molar-refractivity contribution in [2.24, 2.45) is 5.92 Å². The van der Waals surface area contributed by atoms with Crippen LogP contribution in [0.3, 0.4) is 0 Å². The molecule has 3 rings (SSSR count). The van der Waals surface area contributed by atoms with Gasteiger partial charge in [-0.3, -0.25) is 4.31 Å². The lowest BCUT2D eigenvalue weighted by atomic mass is 9.76. The molecule has 0 bridgehead atoms. The van der Waals surface area contributed by atoms with Crippen LogP contribution in [0.2, 0.25) is 0 Å². The van der Waals surface area contributed by atoms with Crippen molar-refractivity contribution >= 4 is 27.3 Å². The Balaban J connectivity index is 1.98. The first kappa shape index (κ1) is 27.4. The van der Waals surface area contributed by atoms with Crippen molar-refractivity contribution < 1.29 is 39.5 Å². The summed E-state index contributed by atoms with van der Waals surface area (Å²) < 4.78 is 113. The fourth-order valence-corrected chi connectivity index (χ4v) is 6.24. The van der Waals surface area contributed by atoms with E-state index in [0.717, 1.165) is 16.4 Å². The fraction of sp³-hybridized carbons (Fsp3) is 0.478. The van der Waals surface area contributed by atoms with Gasteiger partial charge in [0.05, 0.1) is 34.0 Å². The maximum absolute atomic E-state index is 13.7. The number of anilines is 1. The third kappa shape index (κ3) is 6.17. The summed E-state index contributed by atoms with van der Waals surface area (Å²) >= 11 is 6.49. The second kappa shape index (κ2) is 10.1. The standard InChI is InChI=1S/C23H24ClF6NO3S/c1-34-18-9-7-17(8-10-18)31(15-14-21(24)13-3-2-4-20(21)23(28,29)30)35(32,33)19-11-5-16(6-12-19)22(25,26)27/h5-12,20H,2-4,13-15H2,1H3. The molecule has 1 aliphatic rings. The van der Waals surface area contributed by atoms with Crippen LogP contribution >= 0.6 is 11.6 Å². The molecule has 2 unspecified atom stereocenters.